The molecule has 1 saturated carbocycles. The molecular weight excluding hydrogens is 428 g/mol. The third kappa shape index (κ3) is 5.23. The summed E-state index contributed by atoms with van der Waals surface area (Å²) in [6.07, 6.45) is 2.55. The molecule has 9 heteroatoms. The SMILES string of the molecule is CNS(=O)(=O)Cc1ccc(CNC(=O)CCc2nc3ccccc3c(=O)n2C2CC2)cc1. The van der Waals surface area contributed by atoms with Crippen molar-refractivity contribution in [1.82, 2.24) is 19.6 Å². The molecule has 1 amide bonds. The fourth-order valence-electron chi connectivity index (χ4n) is 3.64. The largest absolute Gasteiger partial charge is 0.352 e. The van der Waals surface area contributed by atoms with E-state index in [9.17, 15) is 18.0 Å². The molecule has 0 spiro atoms. The van der Waals surface area contributed by atoms with E-state index in [0.717, 1.165) is 18.4 Å². The van der Waals surface area contributed by atoms with Crippen LogP contribution in [-0.2, 0) is 33.5 Å². The zero-order valence-electron chi connectivity index (χ0n) is 17.9. The van der Waals surface area contributed by atoms with E-state index in [-0.39, 0.29) is 29.7 Å². The maximum Gasteiger partial charge on any atom is 0.261 e. The van der Waals surface area contributed by atoms with E-state index < -0.39 is 10.0 Å². The summed E-state index contributed by atoms with van der Waals surface area (Å²) >= 11 is 0. The smallest absolute Gasteiger partial charge is 0.261 e. The normalized spacial score (nSPS) is 13.9. The molecule has 4 rings (SSSR count). The first kappa shape index (κ1) is 22.2. The number of aromatic nitrogens is 2. The van der Waals surface area contributed by atoms with Crippen LogP contribution in [0.5, 0.6) is 0 Å². The van der Waals surface area contributed by atoms with E-state index in [1.807, 2.05) is 18.2 Å². The number of carbonyl (C=O) groups is 1. The Kier molecular flexibility index (Phi) is 6.38. The van der Waals surface area contributed by atoms with Gasteiger partial charge in [-0.1, -0.05) is 36.4 Å². The summed E-state index contributed by atoms with van der Waals surface area (Å²) in [5, 5.41) is 3.49. The fourth-order valence-corrected chi connectivity index (χ4v) is 4.41. The van der Waals surface area contributed by atoms with E-state index >= 15 is 0 Å². The van der Waals surface area contributed by atoms with Crippen molar-refractivity contribution < 1.29 is 13.2 Å². The van der Waals surface area contributed by atoms with Crippen LogP contribution in [0.2, 0.25) is 0 Å². The Labute approximate surface area is 186 Å². The van der Waals surface area contributed by atoms with E-state index in [0.29, 0.717) is 35.3 Å². The average Bonchev–Trinajstić information content (AvgIpc) is 3.62. The van der Waals surface area contributed by atoms with Gasteiger partial charge in [-0.05, 0) is 43.1 Å². The summed E-state index contributed by atoms with van der Waals surface area (Å²) in [5.41, 5.74) is 2.18. The highest BCUT2D eigenvalue weighted by molar-refractivity contribution is 7.88. The summed E-state index contributed by atoms with van der Waals surface area (Å²) < 4.78 is 27.3. The van der Waals surface area contributed by atoms with Crippen molar-refractivity contribution in [3.05, 3.63) is 75.8 Å². The highest BCUT2D eigenvalue weighted by atomic mass is 32.2. The molecule has 0 saturated heterocycles. The number of hydrogen-bond donors (Lipinski definition) is 2. The molecule has 0 bridgehead atoms. The number of benzene rings is 2. The van der Waals surface area contributed by atoms with E-state index in [1.165, 1.54) is 7.05 Å². The second kappa shape index (κ2) is 9.22. The van der Waals surface area contributed by atoms with Crippen LogP contribution in [0.4, 0.5) is 0 Å². The van der Waals surface area contributed by atoms with Crippen LogP contribution in [0.25, 0.3) is 10.9 Å². The zero-order valence-corrected chi connectivity index (χ0v) is 18.7. The molecule has 1 aliphatic rings. The van der Waals surface area contributed by atoms with Crippen LogP contribution in [0.15, 0.2) is 53.3 Å². The highest BCUT2D eigenvalue weighted by Gasteiger charge is 2.28. The fraction of sp³-hybridized carbons (Fsp3) is 0.348. The molecule has 168 valence electrons. The standard InChI is InChI=1S/C23H26N4O4S/c1-24-32(30,31)15-17-8-6-16(7-9-17)14-25-22(28)13-12-21-26-20-5-3-2-4-19(20)23(29)27(21)18-10-11-18/h2-9,18,24H,10-15H2,1H3,(H,25,28). The lowest BCUT2D eigenvalue weighted by Gasteiger charge is -2.13. The monoisotopic (exact) mass is 454 g/mol. The van der Waals surface area contributed by atoms with Crippen LogP contribution < -0.4 is 15.6 Å². The summed E-state index contributed by atoms with van der Waals surface area (Å²) in [6.45, 7) is 0.346. The van der Waals surface area contributed by atoms with Crippen molar-refractivity contribution in [2.75, 3.05) is 7.05 Å². The molecular formula is C23H26N4O4S. The first-order chi connectivity index (χ1) is 15.4. The summed E-state index contributed by atoms with van der Waals surface area (Å²) in [6, 6.07) is 14.6. The van der Waals surface area contributed by atoms with Gasteiger partial charge < -0.3 is 5.32 Å². The number of para-hydroxylation sites is 1. The number of sulfonamides is 1. The van der Waals surface area contributed by atoms with Crippen molar-refractivity contribution in [2.24, 2.45) is 0 Å². The van der Waals surface area contributed by atoms with Crippen molar-refractivity contribution in [3.8, 4) is 0 Å². The minimum Gasteiger partial charge on any atom is -0.352 e. The summed E-state index contributed by atoms with van der Waals surface area (Å²) in [4.78, 5) is 30.0. The maximum atomic E-state index is 12.9. The third-order valence-electron chi connectivity index (χ3n) is 5.55. The Morgan fingerprint density at radius 2 is 1.78 bits per heavy atom. The molecule has 1 aliphatic carbocycles. The van der Waals surface area contributed by atoms with Gasteiger partial charge in [-0.15, -0.1) is 0 Å². The van der Waals surface area contributed by atoms with Crippen LogP contribution in [0.3, 0.4) is 0 Å². The van der Waals surface area contributed by atoms with Gasteiger partial charge in [0.25, 0.3) is 5.56 Å². The molecule has 1 heterocycles. The molecule has 0 radical (unpaired) electrons. The Balaban J connectivity index is 1.37. The van der Waals surface area contributed by atoms with Gasteiger partial charge in [-0.2, -0.15) is 0 Å². The van der Waals surface area contributed by atoms with E-state index in [1.54, 1.807) is 34.9 Å². The van der Waals surface area contributed by atoms with Crippen molar-refractivity contribution in [3.63, 3.8) is 0 Å². The summed E-state index contributed by atoms with van der Waals surface area (Å²) in [7, 11) is -1.93. The number of rotatable bonds is 9. The predicted octanol–water partition coefficient (Wildman–Crippen LogP) is 2.03. The number of fused-ring (bicyclic) bond motifs is 1. The van der Waals surface area contributed by atoms with Gasteiger partial charge in [-0.3, -0.25) is 14.2 Å². The van der Waals surface area contributed by atoms with Crippen molar-refractivity contribution >= 4 is 26.8 Å². The first-order valence-corrected chi connectivity index (χ1v) is 12.3. The molecule has 2 N–H and O–H groups in total. The van der Waals surface area contributed by atoms with Gasteiger partial charge in [-0.25, -0.2) is 18.1 Å². The zero-order chi connectivity index (χ0) is 22.7. The Morgan fingerprint density at radius 3 is 2.47 bits per heavy atom. The minimum absolute atomic E-state index is 0.0334. The molecule has 0 atom stereocenters. The number of nitrogens with one attached hydrogen (secondary N) is 2. The number of nitrogens with zero attached hydrogens (tertiary/aromatic N) is 2. The molecule has 32 heavy (non-hydrogen) atoms. The van der Waals surface area contributed by atoms with E-state index in [4.69, 9.17) is 0 Å². The molecule has 1 aromatic heterocycles. The van der Waals surface area contributed by atoms with Crippen molar-refractivity contribution in [1.29, 1.82) is 0 Å². The Morgan fingerprint density at radius 1 is 1.09 bits per heavy atom. The topological polar surface area (TPSA) is 110 Å². The Bertz CT molecular complexity index is 1300. The van der Waals surface area contributed by atoms with Crippen LogP contribution in [-0.4, -0.2) is 30.9 Å². The lowest BCUT2D eigenvalue weighted by molar-refractivity contribution is -0.121. The van der Waals surface area contributed by atoms with Crippen LogP contribution in [0.1, 0.15) is 42.3 Å². The number of hydrogen-bond acceptors (Lipinski definition) is 5. The molecule has 3 aromatic rings. The Hall–Kier alpha value is -3.04. The van der Waals surface area contributed by atoms with Gasteiger partial charge in [0.1, 0.15) is 5.82 Å². The predicted molar refractivity (Wildman–Crippen MR) is 123 cm³/mol. The second-order valence-electron chi connectivity index (χ2n) is 8.01. The number of aryl methyl sites for hydroxylation is 1. The van der Waals surface area contributed by atoms with E-state index in [2.05, 4.69) is 15.0 Å². The molecule has 8 nitrogen and oxygen atoms in total. The molecule has 0 aliphatic heterocycles. The van der Waals surface area contributed by atoms with Gasteiger partial charge >= 0.3 is 0 Å². The van der Waals surface area contributed by atoms with Crippen molar-refractivity contribution in [2.45, 2.75) is 44.0 Å². The minimum atomic E-state index is -3.32. The van der Waals surface area contributed by atoms with Gasteiger partial charge in [0.2, 0.25) is 15.9 Å². The van der Waals surface area contributed by atoms with Crippen LogP contribution >= 0.6 is 0 Å². The molecule has 1 fully saturated rings. The highest BCUT2D eigenvalue weighted by Crippen LogP contribution is 2.34. The maximum absolute atomic E-state index is 12.9. The van der Waals surface area contributed by atoms with Crippen LogP contribution in [0, 0.1) is 0 Å². The first-order valence-electron chi connectivity index (χ1n) is 10.6. The second-order valence-corrected chi connectivity index (χ2v) is 9.93. The van der Waals surface area contributed by atoms with Gasteiger partial charge in [0.15, 0.2) is 0 Å². The number of amides is 1. The molecule has 2 aromatic carbocycles. The quantitative estimate of drug-likeness (QED) is 0.514. The lowest BCUT2D eigenvalue weighted by atomic mass is 10.1. The molecule has 0 unspecified atom stereocenters. The summed E-state index contributed by atoms with van der Waals surface area (Å²) in [5.74, 6) is 0.440. The average molecular weight is 455 g/mol. The van der Waals surface area contributed by atoms with Gasteiger partial charge in [0.05, 0.1) is 16.7 Å². The third-order valence-corrected chi connectivity index (χ3v) is 6.88. The lowest BCUT2D eigenvalue weighted by Crippen LogP contribution is -2.27. The van der Waals surface area contributed by atoms with Gasteiger partial charge in [0, 0.05) is 25.4 Å². The number of carbonyl (C=O) groups excluding carboxylic acids is 1.